The van der Waals surface area contributed by atoms with Crippen molar-refractivity contribution in [3.05, 3.63) is 35.6 Å². The van der Waals surface area contributed by atoms with Gasteiger partial charge in [-0.2, -0.15) is 0 Å². The molecule has 0 aliphatic carbocycles. The summed E-state index contributed by atoms with van der Waals surface area (Å²) in [5, 5.41) is 9.47. The van der Waals surface area contributed by atoms with Crippen molar-refractivity contribution in [2.24, 2.45) is 0 Å². The summed E-state index contributed by atoms with van der Waals surface area (Å²) < 4.78 is 6.77. The minimum absolute atomic E-state index is 0.158. The highest BCUT2D eigenvalue weighted by Crippen LogP contribution is 2.22. The Balaban J connectivity index is 1.91. The first-order chi connectivity index (χ1) is 10.2. The van der Waals surface area contributed by atoms with Gasteiger partial charge in [0.15, 0.2) is 5.16 Å². The molecule has 112 valence electrons. The van der Waals surface area contributed by atoms with Crippen LogP contribution in [-0.4, -0.2) is 33.1 Å². The van der Waals surface area contributed by atoms with Crippen molar-refractivity contribution >= 4 is 29.3 Å². The number of rotatable bonds is 7. The molecule has 0 amide bonds. The fourth-order valence-electron chi connectivity index (χ4n) is 1.74. The lowest BCUT2D eigenvalue weighted by atomic mass is 10.3. The molecule has 1 aromatic carbocycles. The number of hydrogen-bond donors (Lipinski definition) is 0. The molecular weight excluding hydrogens is 310 g/mol. The minimum atomic E-state index is -0.158. The summed E-state index contributed by atoms with van der Waals surface area (Å²) in [6.07, 6.45) is 2.82. The lowest BCUT2D eigenvalue weighted by molar-refractivity contribution is -0.143. The van der Waals surface area contributed by atoms with Gasteiger partial charge in [0.2, 0.25) is 0 Å². The fourth-order valence-corrected chi connectivity index (χ4v) is 2.79. The molecule has 5 nitrogen and oxygen atoms in total. The van der Waals surface area contributed by atoms with E-state index < -0.39 is 0 Å². The number of hydrogen-bond acceptors (Lipinski definition) is 5. The SMILES string of the molecule is CCOC(=O)CCCSc1nncn1-c1cccc(Cl)c1. The van der Waals surface area contributed by atoms with Crippen LogP contribution in [0.3, 0.4) is 0 Å². The van der Waals surface area contributed by atoms with Gasteiger partial charge in [0.25, 0.3) is 0 Å². The van der Waals surface area contributed by atoms with Gasteiger partial charge in [-0.05, 0) is 31.5 Å². The van der Waals surface area contributed by atoms with E-state index in [4.69, 9.17) is 16.3 Å². The highest BCUT2D eigenvalue weighted by molar-refractivity contribution is 7.99. The summed E-state index contributed by atoms with van der Waals surface area (Å²) in [6.45, 7) is 2.23. The van der Waals surface area contributed by atoms with Crippen molar-refractivity contribution in [3.8, 4) is 5.69 Å². The van der Waals surface area contributed by atoms with Gasteiger partial charge >= 0.3 is 5.97 Å². The van der Waals surface area contributed by atoms with E-state index in [1.165, 1.54) is 0 Å². The Morgan fingerprint density at radius 3 is 3.10 bits per heavy atom. The summed E-state index contributed by atoms with van der Waals surface area (Å²) >= 11 is 7.55. The van der Waals surface area contributed by atoms with Gasteiger partial charge in [-0.1, -0.05) is 29.4 Å². The molecule has 7 heteroatoms. The number of carbonyl (C=O) groups is 1. The van der Waals surface area contributed by atoms with Crippen molar-refractivity contribution in [1.29, 1.82) is 0 Å². The van der Waals surface area contributed by atoms with Gasteiger partial charge in [-0.3, -0.25) is 9.36 Å². The van der Waals surface area contributed by atoms with Crippen molar-refractivity contribution < 1.29 is 9.53 Å². The summed E-state index contributed by atoms with van der Waals surface area (Å²) in [4.78, 5) is 11.3. The van der Waals surface area contributed by atoms with Gasteiger partial charge in [-0.25, -0.2) is 0 Å². The van der Waals surface area contributed by atoms with Crippen LogP contribution in [0.25, 0.3) is 5.69 Å². The van der Waals surface area contributed by atoms with Crippen LogP contribution in [0, 0.1) is 0 Å². The van der Waals surface area contributed by atoms with E-state index in [2.05, 4.69) is 10.2 Å². The topological polar surface area (TPSA) is 57.0 Å². The quantitative estimate of drug-likeness (QED) is 0.444. The van der Waals surface area contributed by atoms with Crippen molar-refractivity contribution in [2.75, 3.05) is 12.4 Å². The zero-order valence-electron chi connectivity index (χ0n) is 11.7. The van der Waals surface area contributed by atoms with Crippen LogP contribution >= 0.6 is 23.4 Å². The number of esters is 1. The number of aromatic nitrogens is 3. The first kappa shape index (κ1) is 15.9. The minimum Gasteiger partial charge on any atom is -0.466 e. The Morgan fingerprint density at radius 2 is 2.33 bits per heavy atom. The van der Waals surface area contributed by atoms with E-state index in [-0.39, 0.29) is 5.97 Å². The maximum atomic E-state index is 11.3. The van der Waals surface area contributed by atoms with Crippen LogP contribution in [-0.2, 0) is 9.53 Å². The van der Waals surface area contributed by atoms with E-state index in [0.29, 0.717) is 18.1 Å². The molecule has 0 aliphatic rings. The van der Waals surface area contributed by atoms with Gasteiger partial charge in [0, 0.05) is 17.2 Å². The number of benzene rings is 1. The molecule has 0 unspecified atom stereocenters. The average Bonchev–Trinajstić information content (AvgIpc) is 2.92. The summed E-state index contributed by atoms with van der Waals surface area (Å²) in [6, 6.07) is 7.50. The zero-order valence-corrected chi connectivity index (χ0v) is 13.2. The Kier molecular flexibility index (Phi) is 6.07. The van der Waals surface area contributed by atoms with Gasteiger partial charge < -0.3 is 4.74 Å². The van der Waals surface area contributed by atoms with Crippen molar-refractivity contribution in [3.63, 3.8) is 0 Å². The first-order valence-electron chi connectivity index (χ1n) is 6.65. The predicted octanol–water partition coefficient (Wildman–Crippen LogP) is 3.36. The molecule has 0 fully saturated rings. The second-order valence-corrected chi connectivity index (χ2v) is 5.72. The van der Waals surface area contributed by atoms with Crippen molar-refractivity contribution in [2.45, 2.75) is 24.9 Å². The van der Waals surface area contributed by atoms with Gasteiger partial charge in [0.05, 0.1) is 12.3 Å². The Hall–Kier alpha value is -1.53. The molecule has 0 saturated carbocycles. The Bertz CT molecular complexity index is 603. The maximum Gasteiger partial charge on any atom is 0.305 e. The Labute approximate surface area is 132 Å². The molecule has 1 aromatic heterocycles. The van der Waals surface area contributed by atoms with E-state index in [0.717, 1.165) is 23.0 Å². The molecule has 21 heavy (non-hydrogen) atoms. The fraction of sp³-hybridized carbons (Fsp3) is 0.357. The van der Waals surface area contributed by atoms with Crippen LogP contribution < -0.4 is 0 Å². The number of halogens is 1. The second-order valence-electron chi connectivity index (χ2n) is 4.22. The number of nitrogens with zero attached hydrogens (tertiary/aromatic N) is 3. The maximum absolute atomic E-state index is 11.3. The van der Waals surface area contributed by atoms with Gasteiger partial charge in [-0.15, -0.1) is 10.2 Å². The summed E-state index contributed by atoms with van der Waals surface area (Å²) in [7, 11) is 0. The summed E-state index contributed by atoms with van der Waals surface area (Å²) in [5.74, 6) is 0.618. The van der Waals surface area contributed by atoms with Crippen LogP contribution in [0.15, 0.2) is 35.7 Å². The zero-order chi connectivity index (χ0) is 15.1. The molecular formula is C14H16ClN3O2S. The molecule has 0 aliphatic heterocycles. The molecule has 0 bridgehead atoms. The van der Waals surface area contributed by atoms with E-state index in [9.17, 15) is 4.79 Å². The van der Waals surface area contributed by atoms with Crippen LogP contribution in [0.4, 0.5) is 0 Å². The summed E-state index contributed by atoms with van der Waals surface area (Å²) in [5.41, 5.74) is 0.917. The normalized spacial score (nSPS) is 10.6. The van der Waals surface area contributed by atoms with Crippen molar-refractivity contribution in [1.82, 2.24) is 14.8 Å². The largest absolute Gasteiger partial charge is 0.466 e. The van der Waals surface area contributed by atoms with Gasteiger partial charge in [0.1, 0.15) is 6.33 Å². The van der Waals surface area contributed by atoms with E-state index >= 15 is 0 Å². The highest BCUT2D eigenvalue weighted by atomic mass is 35.5. The van der Waals surface area contributed by atoms with Crippen LogP contribution in [0.1, 0.15) is 19.8 Å². The monoisotopic (exact) mass is 325 g/mol. The number of thioether (sulfide) groups is 1. The number of ether oxygens (including phenoxy) is 1. The third kappa shape index (κ3) is 4.75. The predicted molar refractivity (Wildman–Crippen MR) is 83.0 cm³/mol. The molecule has 2 aromatic rings. The molecule has 0 atom stereocenters. The third-order valence-electron chi connectivity index (χ3n) is 2.66. The standard InChI is InChI=1S/C14H16ClN3O2S/c1-2-20-13(19)7-4-8-21-14-17-16-10-18(14)12-6-3-5-11(15)9-12/h3,5-6,9-10H,2,4,7-8H2,1H3. The number of carbonyl (C=O) groups excluding carboxylic acids is 1. The Morgan fingerprint density at radius 1 is 1.48 bits per heavy atom. The lowest BCUT2D eigenvalue weighted by Gasteiger charge is -2.06. The van der Waals surface area contributed by atoms with E-state index in [1.807, 2.05) is 28.8 Å². The second kappa shape index (κ2) is 8.05. The smallest absolute Gasteiger partial charge is 0.305 e. The highest BCUT2D eigenvalue weighted by Gasteiger charge is 2.08. The molecule has 0 radical (unpaired) electrons. The molecule has 0 saturated heterocycles. The van der Waals surface area contributed by atoms with Crippen LogP contribution in [0.2, 0.25) is 5.02 Å². The first-order valence-corrected chi connectivity index (χ1v) is 8.01. The molecule has 2 rings (SSSR count). The third-order valence-corrected chi connectivity index (χ3v) is 3.93. The average molecular weight is 326 g/mol. The molecule has 0 spiro atoms. The molecule has 1 heterocycles. The van der Waals surface area contributed by atoms with Crippen LogP contribution in [0.5, 0.6) is 0 Å². The molecule has 0 N–H and O–H groups in total. The van der Waals surface area contributed by atoms with E-state index in [1.54, 1.807) is 25.0 Å². The lowest BCUT2D eigenvalue weighted by Crippen LogP contribution is -2.04.